The van der Waals surface area contributed by atoms with E-state index in [0.717, 1.165) is 22.4 Å². The molecule has 0 fully saturated rings. The number of fused-ring (bicyclic) bond motifs is 1. The molecule has 2 aliphatic rings. The van der Waals surface area contributed by atoms with Crippen molar-refractivity contribution in [2.24, 2.45) is 5.92 Å². The number of hydrogen-bond donors (Lipinski definition) is 1. The maximum Gasteiger partial charge on any atom is 0.322 e. The van der Waals surface area contributed by atoms with Crippen molar-refractivity contribution in [3.63, 3.8) is 0 Å². The molecule has 0 saturated carbocycles. The molecule has 1 atom stereocenters. The number of carbonyl (C=O) groups excluding carboxylic acids is 1. The summed E-state index contributed by atoms with van der Waals surface area (Å²) in [5.74, 6) is 2.46. The number of amides is 2. The lowest BCUT2D eigenvalue weighted by Crippen LogP contribution is -2.47. The first-order valence-corrected chi connectivity index (χ1v) is 10.6. The van der Waals surface area contributed by atoms with E-state index in [0.29, 0.717) is 35.7 Å². The highest BCUT2D eigenvalue weighted by Gasteiger charge is 2.35. The molecule has 1 N–H and O–H groups in total. The van der Waals surface area contributed by atoms with Crippen LogP contribution in [0.5, 0.6) is 11.5 Å². The lowest BCUT2D eigenvalue weighted by atomic mass is 9.94. The number of aromatic nitrogens is 2. The van der Waals surface area contributed by atoms with Crippen molar-refractivity contribution in [3.05, 3.63) is 65.7 Å². The molecule has 2 aliphatic heterocycles. The molecule has 164 valence electrons. The number of urea groups is 1. The first-order valence-electron chi connectivity index (χ1n) is 10.6. The number of hydrogen-bond acceptors (Lipinski definition) is 6. The lowest BCUT2D eigenvalue weighted by Gasteiger charge is -2.36. The summed E-state index contributed by atoms with van der Waals surface area (Å²) in [4.78, 5) is 19.3. The Hall–Kier alpha value is -3.81. The topological polar surface area (TPSA) is 89.7 Å². The Morgan fingerprint density at radius 2 is 1.91 bits per heavy atom. The number of ether oxygens (including phenoxy) is 2. The van der Waals surface area contributed by atoms with Crippen molar-refractivity contribution in [2.45, 2.75) is 26.8 Å². The third kappa shape index (κ3) is 3.57. The van der Waals surface area contributed by atoms with Crippen molar-refractivity contribution in [1.82, 2.24) is 20.4 Å². The summed E-state index contributed by atoms with van der Waals surface area (Å²) < 4.78 is 16.6. The van der Waals surface area contributed by atoms with Crippen LogP contribution in [-0.4, -0.2) is 34.4 Å². The van der Waals surface area contributed by atoms with Gasteiger partial charge in [-0.15, -0.1) is 0 Å². The maximum absolute atomic E-state index is 12.9. The molecule has 0 aliphatic carbocycles. The van der Waals surface area contributed by atoms with Crippen molar-refractivity contribution < 1.29 is 18.8 Å². The van der Waals surface area contributed by atoms with Gasteiger partial charge in [-0.3, -0.25) is 4.90 Å². The number of rotatable bonds is 5. The minimum absolute atomic E-state index is 0.135. The van der Waals surface area contributed by atoms with E-state index < -0.39 is 6.04 Å². The van der Waals surface area contributed by atoms with Gasteiger partial charge < -0.3 is 19.3 Å². The van der Waals surface area contributed by atoms with Gasteiger partial charge >= 0.3 is 6.03 Å². The zero-order chi connectivity index (χ0) is 22.2. The monoisotopic (exact) mass is 432 g/mol. The van der Waals surface area contributed by atoms with Crippen LogP contribution in [0, 0.1) is 5.92 Å². The molecule has 1 aromatic heterocycles. The van der Waals surface area contributed by atoms with Gasteiger partial charge in [0, 0.05) is 17.8 Å². The number of allylic oxidation sites excluding steroid dienone is 1. The Morgan fingerprint density at radius 3 is 2.69 bits per heavy atom. The highest BCUT2D eigenvalue weighted by atomic mass is 16.7. The zero-order valence-electron chi connectivity index (χ0n) is 18.2. The second-order valence-electron chi connectivity index (χ2n) is 8.29. The Balaban J connectivity index is 1.58. The van der Waals surface area contributed by atoms with Crippen LogP contribution in [0.3, 0.4) is 0 Å². The molecular formula is C24H24N4O4. The smallest absolute Gasteiger partial charge is 0.322 e. The predicted molar refractivity (Wildman–Crippen MR) is 118 cm³/mol. The molecule has 3 aromatic rings. The molecule has 8 heteroatoms. The molecule has 0 bridgehead atoms. The SMILES string of the molecule is CC1=C(c2nc(-c3ccc4c(c3)OCO4)no2)C(c2ccccc2)NC(=O)N1CC(C)C. The standard InChI is InChI=1S/C24H24N4O4/c1-14(2)12-28-15(3)20(21(25-24(28)29)16-7-5-4-6-8-16)23-26-22(27-32-23)17-9-10-18-19(11-17)31-13-30-18/h4-11,14,21H,12-13H2,1-3H3,(H,25,29). The van der Waals surface area contributed by atoms with Gasteiger partial charge in [0.1, 0.15) is 0 Å². The Bertz CT molecular complexity index is 1190. The van der Waals surface area contributed by atoms with Crippen molar-refractivity contribution in [1.29, 1.82) is 0 Å². The van der Waals surface area contributed by atoms with Crippen LogP contribution in [0.15, 0.2) is 58.8 Å². The van der Waals surface area contributed by atoms with E-state index in [1.807, 2.05) is 55.5 Å². The average Bonchev–Trinajstić information content (AvgIpc) is 3.46. The van der Waals surface area contributed by atoms with Gasteiger partial charge in [0.15, 0.2) is 11.5 Å². The first kappa shape index (κ1) is 20.1. The highest BCUT2D eigenvalue weighted by molar-refractivity contribution is 5.86. The highest BCUT2D eigenvalue weighted by Crippen LogP contribution is 2.39. The summed E-state index contributed by atoms with van der Waals surface area (Å²) in [6, 6.07) is 14.8. The van der Waals surface area contributed by atoms with Crippen molar-refractivity contribution >= 4 is 11.6 Å². The molecule has 2 aromatic carbocycles. The quantitative estimate of drug-likeness (QED) is 0.633. The lowest BCUT2D eigenvalue weighted by molar-refractivity contribution is 0.174. The Kier molecular flexibility index (Phi) is 5.05. The number of nitrogens with one attached hydrogen (secondary N) is 1. The molecule has 3 heterocycles. The number of carbonyl (C=O) groups is 1. The summed E-state index contributed by atoms with van der Waals surface area (Å²) in [7, 11) is 0. The van der Waals surface area contributed by atoms with E-state index in [1.54, 1.807) is 4.90 Å². The summed E-state index contributed by atoms with van der Waals surface area (Å²) in [6.45, 7) is 6.87. The third-order valence-electron chi connectivity index (χ3n) is 5.56. The zero-order valence-corrected chi connectivity index (χ0v) is 18.2. The van der Waals surface area contributed by atoms with Gasteiger partial charge in [-0.25, -0.2) is 4.79 Å². The van der Waals surface area contributed by atoms with Crippen LogP contribution in [0.1, 0.15) is 38.3 Å². The minimum atomic E-state index is -0.392. The molecule has 1 unspecified atom stereocenters. The Morgan fingerprint density at radius 1 is 1.12 bits per heavy atom. The van der Waals surface area contributed by atoms with Gasteiger partial charge in [-0.1, -0.05) is 49.3 Å². The minimum Gasteiger partial charge on any atom is -0.454 e. The van der Waals surface area contributed by atoms with Gasteiger partial charge in [-0.2, -0.15) is 4.98 Å². The van der Waals surface area contributed by atoms with E-state index in [1.165, 1.54) is 0 Å². The maximum atomic E-state index is 12.9. The van der Waals surface area contributed by atoms with Crippen LogP contribution in [0.4, 0.5) is 4.79 Å². The van der Waals surface area contributed by atoms with Crippen LogP contribution < -0.4 is 14.8 Å². The van der Waals surface area contributed by atoms with Gasteiger partial charge in [0.05, 0.1) is 11.6 Å². The molecule has 2 amide bonds. The van der Waals surface area contributed by atoms with E-state index in [-0.39, 0.29) is 12.8 Å². The summed E-state index contributed by atoms with van der Waals surface area (Å²) in [5.41, 5.74) is 3.30. The third-order valence-corrected chi connectivity index (χ3v) is 5.56. The molecule has 8 nitrogen and oxygen atoms in total. The molecule has 0 saturated heterocycles. The van der Waals surface area contributed by atoms with Crippen molar-refractivity contribution in [2.75, 3.05) is 13.3 Å². The predicted octanol–water partition coefficient (Wildman–Crippen LogP) is 4.62. The van der Waals surface area contributed by atoms with Crippen LogP contribution >= 0.6 is 0 Å². The fourth-order valence-electron chi connectivity index (χ4n) is 4.02. The van der Waals surface area contributed by atoms with Crippen molar-refractivity contribution in [3.8, 4) is 22.9 Å². The van der Waals surface area contributed by atoms with Crippen LogP contribution in [0.25, 0.3) is 17.0 Å². The molecule has 5 rings (SSSR count). The summed E-state index contributed by atoms with van der Waals surface area (Å²) in [5, 5.41) is 7.32. The average molecular weight is 432 g/mol. The fourth-order valence-corrected chi connectivity index (χ4v) is 4.02. The van der Waals surface area contributed by atoms with Crippen LogP contribution in [-0.2, 0) is 0 Å². The fraction of sp³-hybridized carbons (Fsp3) is 0.292. The van der Waals surface area contributed by atoms with E-state index in [2.05, 4.69) is 29.3 Å². The summed E-state index contributed by atoms with van der Waals surface area (Å²) in [6.07, 6.45) is 0. The van der Waals surface area contributed by atoms with Gasteiger partial charge in [-0.05, 0) is 36.6 Å². The largest absolute Gasteiger partial charge is 0.454 e. The molecular weight excluding hydrogens is 408 g/mol. The molecule has 0 spiro atoms. The van der Waals surface area contributed by atoms with E-state index >= 15 is 0 Å². The first-order chi connectivity index (χ1) is 15.5. The number of benzene rings is 2. The van der Waals surface area contributed by atoms with Gasteiger partial charge in [0.2, 0.25) is 12.6 Å². The summed E-state index contributed by atoms with van der Waals surface area (Å²) >= 11 is 0. The van der Waals surface area contributed by atoms with Crippen LogP contribution in [0.2, 0.25) is 0 Å². The second kappa shape index (κ2) is 8.03. The van der Waals surface area contributed by atoms with Gasteiger partial charge in [0.25, 0.3) is 5.89 Å². The number of nitrogens with zero attached hydrogens (tertiary/aromatic N) is 3. The Labute approximate surface area is 185 Å². The van der Waals surface area contributed by atoms with E-state index in [9.17, 15) is 4.79 Å². The second-order valence-corrected chi connectivity index (χ2v) is 8.29. The molecule has 32 heavy (non-hydrogen) atoms. The van der Waals surface area contributed by atoms with E-state index in [4.69, 9.17) is 14.0 Å². The normalized spacial score (nSPS) is 17.8. The molecule has 0 radical (unpaired) electrons.